The third kappa shape index (κ3) is 21.0. The molecule has 0 saturated carbocycles. The maximum Gasteiger partial charge on any atom is 0.328 e. The molecule has 4 aliphatic heterocycles. The number of hydrogen-bond donors (Lipinski definition) is 12. The zero-order valence-corrected chi connectivity index (χ0v) is 54.1. The summed E-state index contributed by atoms with van der Waals surface area (Å²) in [6.07, 6.45) is 4.49. The normalized spacial score (nSPS) is 21.6. The van der Waals surface area contributed by atoms with Gasteiger partial charge in [-0.05, 0) is 121 Å². The summed E-state index contributed by atoms with van der Waals surface area (Å²) in [5.74, 6) is -10.9. The number of likely N-dealkylation sites (tertiary alicyclic amines) is 4. The first-order valence-corrected chi connectivity index (χ1v) is 32.4. The number of unbranched alkanes of at least 4 members (excludes halogenated alkanes) is 1. The van der Waals surface area contributed by atoms with Gasteiger partial charge in [0.1, 0.15) is 66.5 Å². The van der Waals surface area contributed by atoms with Crippen molar-refractivity contribution in [2.75, 3.05) is 39.3 Å². The summed E-state index contributed by atoms with van der Waals surface area (Å²) in [5.41, 5.74) is 11.7. The monoisotopic (exact) mass is 1270 g/mol. The number of carboxylic acid groups (broad SMARTS) is 2. The average molecular weight is 1270 g/mol. The number of hydrogen-bond acceptors (Lipinski definition) is 16. The molecule has 0 aliphatic carbocycles. The fourth-order valence-electron chi connectivity index (χ4n) is 12.1. The van der Waals surface area contributed by atoms with Gasteiger partial charge < -0.3 is 83.6 Å². The van der Waals surface area contributed by atoms with Crippen LogP contribution < -0.4 is 48.7 Å². The number of carbonyl (C=O) groups excluding carboxylic acids is 11. The number of nitrogens with two attached hydrogens (primary N) is 2. The number of carbonyl (C=O) groups is 13. The Morgan fingerprint density at radius 1 is 0.478 bits per heavy atom. The van der Waals surface area contributed by atoms with E-state index in [0.717, 1.165) is 0 Å². The van der Waals surface area contributed by atoms with Crippen molar-refractivity contribution in [2.24, 2.45) is 35.1 Å². The van der Waals surface area contributed by atoms with E-state index in [1.807, 2.05) is 41.5 Å². The fraction of sp³-hybridized carbons (Fsp3) is 0.787. The van der Waals surface area contributed by atoms with Crippen LogP contribution in [0.2, 0.25) is 0 Å². The van der Waals surface area contributed by atoms with Crippen molar-refractivity contribution in [1.29, 1.82) is 0 Å². The van der Waals surface area contributed by atoms with Crippen LogP contribution in [0.4, 0.5) is 0 Å². The molecule has 0 radical (unpaired) electrons. The first-order valence-electron chi connectivity index (χ1n) is 32.4. The lowest BCUT2D eigenvalue weighted by molar-refractivity contribution is -0.149. The van der Waals surface area contributed by atoms with E-state index < -0.39 is 174 Å². The number of aliphatic hydroxyl groups is 1. The quantitative estimate of drug-likeness (QED) is 0.0337. The molecular weight excluding hydrogens is 1170 g/mol. The molecule has 0 aromatic rings. The summed E-state index contributed by atoms with van der Waals surface area (Å²) in [6.45, 7) is 16.1. The molecule has 0 bridgehead atoms. The largest absolute Gasteiger partial charge is 0.481 e. The molecule has 4 aliphatic rings. The van der Waals surface area contributed by atoms with E-state index in [4.69, 9.17) is 11.5 Å². The van der Waals surface area contributed by atoms with Crippen molar-refractivity contribution in [3.05, 3.63) is 0 Å². The highest BCUT2D eigenvalue weighted by atomic mass is 16.4. The highest BCUT2D eigenvalue weighted by Gasteiger charge is 2.47. The van der Waals surface area contributed by atoms with Crippen molar-refractivity contribution >= 4 is 76.9 Å². The lowest BCUT2D eigenvalue weighted by atomic mass is 9.96. The van der Waals surface area contributed by atoms with E-state index >= 15 is 0 Å². The molecule has 4 heterocycles. The summed E-state index contributed by atoms with van der Waals surface area (Å²) in [7, 11) is 0. The Kier molecular flexibility index (Phi) is 30.3. The molecule has 29 nitrogen and oxygen atoms in total. The fourth-order valence-corrected chi connectivity index (χ4v) is 12.1. The van der Waals surface area contributed by atoms with Gasteiger partial charge in [0.05, 0.1) is 12.6 Å². The minimum absolute atomic E-state index is 0.129. The van der Waals surface area contributed by atoms with Crippen molar-refractivity contribution < 1.29 is 77.6 Å². The molecule has 11 amide bonds. The molecule has 90 heavy (non-hydrogen) atoms. The summed E-state index contributed by atoms with van der Waals surface area (Å²) in [6, 6.07) is -13.9. The van der Waals surface area contributed by atoms with Crippen LogP contribution in [0.15, 0.2) is 0 Å². The number of rotatable bonds is 35. The van der Waals surface area contributed by atoms with Gasteiger partial charge in [0.15, 0.2) is 0 Å². The van der Waals surface area contributed by atoms with E-state index in [1.165, 1.54) is 26.5 Å². The van der Waals surface area contributed by atoms with Crippen molar-refractivity contribution in [3.8, 4) is 0 Å². The number of carboxylic acids is 2. The maximum atomic E-state index is 14.8. The number of nitrogens with one attached hydrogen (secondary N) is 7. The predicted octanol–water partition coefficient (Wildman–Crippen LogP) is -1.05. The van der Waals surface area contributed by atoms with E-state index in [0.29, 0.717) is 57.9 Å². The van der Waals surface area contributed by atoms with Crippen LogP contribution in [0, 0.1) is 23.7 Å². The van der Waals surface area contributed by atoms with E-state index in [1.54, 1.807) is 13.8 Å². The van der Waals surface area contributed by atoms with E-state index in [9.17, 15) is 77.6 Å². The number of amides is 11. The van der Waals surface area contributed by atoms with E-state index in [-0.39, 0.29) is 89.4 Å². The van der Waals surface area contributed by atoms with Crippen molar-refractivity contribution in [3.63, 3.8) is 0 Å². The third-order valence-electron chi connectivity index (χ3n) is 17.7. The lowest BCUT2D eigenvalue weighted by Crippen LogP contribution is -2.61. The topological polar surface area (TPSA) is 432 Å². The standard InChI is InChI=1S/C61H103N13O16/c1-10-35(7)48(69-51(79)39(23-24-47(76)77)65-50(78)38(63)18-12-13-25-62)60(88)74-29-17-22-46(74)58(86)72-27-15-21-45(72)56(84)70-49(36(8)11-2)59(87)73-28-16-20-44(73)54(82)67-41(31-34(5)6)53(81)66-40(30-33(3)4)52(80)64-37(9)57(85)71-26-14-19-43(71)55(83)68-42(32-75)61(89)90/h33-46,48-49,75H,10-32,62-63H2,1-9H3,(H,64,80)(H,65,78)(H,66,81)(H,67,82)(H,68,83)(H,69,79)(H,70,84)(H,76,77)(H,89,90)/t35-,36-,37-,38-,39-,40-,41-,42-,43-,44-,45-,46-,48-,49-/m0/s1. The number of nitrogens with zero attached hydrogens (tertiary/aromatic N) is 4. The van der Waals surface area contributed by atoms with E-state index in [2.05, 4.69) is 37.2 Å². The molecule has 14 atom stereocenters. The molecule has 29 heteroatoms. The van der Waals surface area contributed by atoms with Crippen LogP contribution in [-0.4, -0.2) is 224 Å². The maximum absolute atomic E-state index is 14.8. The molecule has 4 saturated heterocycles. The molecule has 0 unspecified atom stereocenters. The van der Waals surface area contributed by atoms with Gasteiger partial charge in [0.2, 0.25) is 65.0 Å². The van der Waals surface area contributed by atoms with Gasteiger partial charge in [-0.3, -0.25) is 57.5 Å². The van der Waals surface area contributed by atoms with Gasteiger partial charge in [-0.2, -0.15) is 0 Å². The molecule has 0 spiro atoms. The highest BCUT2D eigenvalue weighted by Crippen LogP contribution is 2.29. The van der Waals surface area contributed by atoms with Crippen LogP contribution >= 0.6 is 0 Å². The number of aliphatic hydroxyl groups excluding tert-OH is 1. The Hall–Kier alpha value is -7.01. The van der Waals surface area contributed by atoms with Gasteiger partial charge in [-0.15, -0.1) is 0 Å². The minimum Gasteiger partial charge on any atom is -0.481 e. The van der Waals surface area contributed by atoms with Gasteiger partial charge >= 0.3 is 11.9 Å². The Morgan fingerprint density at radius 2 is 0.889 bits per heavy atom. The lowest BCUT2D eigenvalue weighted by Gasteiger charge is -2.36. The Morgan fingerprint density at radius 3 is 1.37 bits per heavy atom. The van der Waals surface area contributed by atoms with Crippen LogP contribution in [-0.2, 0) is 62.3 Å². The molecule has 0 aromatic heterocycles. The molecular formula is C61H103N13O16. The minimum atomic E-state index is -1.58. The average Bonchev–Trinajstić information content (AvgIpc) is 1.70. The second-order valence-corrected chi connectivity index (χ2v) is 25.6. The first kappa shape index (κ1) is 75.4. The molecule has 508 valence electrons. The highest BCUT2D eigenvalue weighted by molar-refractivity contribution is 6.00. The van der Waals surface area contributed by atoms with Crippen LogP contribution in [0.3, 0.4) is 0 Å². The molecule has 14 N–H and O–H groups in total. The Bertz CT molecular complexity index is 2540. The zero-order valence-electron chi connectivity index (χ0n) is 54.1. The summed E-state index contributed by atoms with van der Waals surface area (Å²) >= 11 is 0. The molecule has 4 fully saturated rings. The molecule has 4 rings (SSSR count). The smallest absolute Gasteiger partial charge is 0.328 e. The van der Waals surface area contributed by atoms with Gasteiger partial charge in [0.25, 0.3) is 0 Å². The second-order valence-electron chi connectivity index (χ2n) is 25.6. The molecule has 0 aromatic carbocycles. The third-order valence-corrected chi connectivity index (χ3v) is 17.7. The summed E-state index contributed by atoms with van der Waals surface area (Å²) in [5, 5.41) is 47.0. The van der Waals surface area contributed by atoms with Gasteiger partial charge in [-0.25, -0.2) is 4.79 Å². The van der Waals surface area contributed by atoms with Crippen LogP contribution in [0.1, 0.15) is 171 Å². The zero-order chi connectivity index (χ0) is 67.3. The van der Waals surface area contributed by atoms with Crippen molar-refractivity contribution in [2.45, 2.75) is 244 Å². The Labute approximate surface area is 528 Å². The second kappa shape index (κ2) is 36.1. The van der Waals surface area contributed by atoms with Crippen LogP contribution in [0.25, 0.3) is 0 Å². The first-order chi connectivity index (χ1) is 42.5. The SMILES string of the molecule is CC[C@H](C)[C@H](NC(=O)[C@@H]1CCCN1C(=O)[C@@H]1CCCN1C(=O)[C@@H](NC(=O)[C@H](CCC(=O)O)NC(=O)[C@@H](N)CCCCN)[C@@H](C)CC)C(=O)N1CCC[C@H]1C(=O)N[C@@H](CC(C)C)C(=O)N[C@@H](CC(C)C)C(=O)N[C@@H](C)C(=O)N1CCC[C@H]1C(=O)N[C@@H](CO)C(=O)O. The van der Waals surface area contributed by atoms with Gasteiger partial charge in [-0.1, -0.05) is 74.7 Å². The number of aliphatic carboxylic acids is 2. The summed E-state index contributed by atoms with van der Waals surface area (Å²) < 4.78 is 0. The van der Waals surface area contributed by atoms with Crippen molar-refractivity contribution in [1.82, 2.24) is 56.8 Å². The summed E-state index contributed by atoms with van der Waals surface area (Å²) in [4.78, 5) is 184. The van der Waals surface area contributed by atoms with Crippen LogP contribution in [0.5, 0.6) is 0 Å². The predicted molar refractivity (Wildman–Crippen MR) is 328 cm³/mol. The Balaban J connectivity index is 1.47. The van der Waals surface area contributed by atoms with Gasteiger partial charge in [0, 0.05) is 32.6 Å².